The van der Waals surface area contributed by atoms with Crippen molar-refractivity contribution < 1.29 is 4.74 Å². The molecule has 0 amide bonds. The predicted octanol–water partition coefficient (Wildman–Crippen LogP) is 14.8. The molecule has 0 aromatic heterocycles. The molecule has 9 unspecified atom stereocenters. The lowest BCUT2D eigenvalue weighted by atomic mass is 9.61. The van der Waals surface area contributed by atoms with Gasteiger partial charge in [-0.3, -0.25) is 4.90 Å². The first-order chi connectivity index (χ1) is 28.2. The summed E-state index contributed by atoms with van der Waals surface area (Å²) in [7, 11) is 0. The average Bonchev–Trinajstić information content (AvgIpc) is 3.87. The second-order valence-electron chi connectivity index (χ2n) is 23.9. The van der Waals surface area contributed by atoms with Crippen molar-refractivity contribution in [2.24, 2.45) is 71.0 Å². The van der Waals surface area contributed by atoms with Crippen molar-refractivity contribution in [2.75, 3.05) is 0 Å². The molecule has 9 atom stereocenters. The lowest BCUT2D eigenvalue weighted by Gasteiger charge is -2.51. The molecule has 0 radical (unpaired) electrons. The monoisotopic (exact) mass is 800 g/mol. The van der Waals surface area contributed by atoms with Gasteiger partial charge in [-0.25, -0.2) is 0 Å². The quantitative estimate of drug-likeness (QED) is 0.255. The molecule has 2 nitrogen and oxygen atoms in total. The molecule has 11 fully saturated rings. The fourth-order valence-electron chi connectivity index (χ4n) is 18.8. The van der Waals surface area contributed by atoms with Crippen LogP contribution in [0.5, 0.6) is 0 Å². The minimum absolute atomic E-state index is 0.638. The number of fused-ring (bicyclic) bond motifs is 7. The highest BCUT2D eigenvalue weighted by Gasteiger charge is 2.60. The number of nitrogens with zero attached hydrogens (tertiary/aromatic N) is 1. The summed E-state index contributed by atoms with van der Waals surface area (Å²) in [6.45, 7) is 0. The zero-order chi connectivity index (χ0) is 37.7. The SMILES string of the molecule is C1CCC(C2CCC(N(C3CCC(C4CCCCC4)CC3)C3CCC(C4CCC(C5CCCC6C7CCC8SC9CCCCC9C8C7OC56)CC4)CC3)CC2)CC1. The lowest BCUT2D eigenvalue weighted by molar-refractivity contribution is -0.0753. The number of thioether (sulfide) groups is 1. The zero-order valence-corrected chi connectivity index (χ0v) is 37.8. The number of hydrogen-bond acceptors (Lipinski definition) is 3. The van der Waals surface area contributed by atoms with Crippen LogP contribution in [0.1, 0.15) is 225 Å². The van der Waals surface area contributed by atoms with Crippen LogP contribution >= 0.6 is 11.8 Å². The molecule has 2 saturated heterocycles. The highest BCUT2D eigenvalue weighted by Crippen LogP contribution is 2.62. The smallest absolute Gasteiger partial charge is 0.0652 e. The van der Waals surface area contributed by atoms with Gasteiger partial charge in [0.1, 0.15) is 0 Å². The summed E-state index contributed by atoms with van der Waals surface area (Å²) < 4.78 is 7.53. The Hall–Kier alpha value is 0.270. The van der Waals surface area contributed by atoms with Gasteiger partial charge >= 0.3 is 0 Å². The topological polar surface area (TPSA) is 12.5 Å². The minimum Gasteiger partial charge on any atom is -0.374 e. The summed E-state index contributed by atoms with van der Waals surface area (Å²) in [5, 5.41) is 1.93. The van der Waals surface area contributed by atoms with Gasteiger partial charge in [-0.15, -0.1) is 0 Å². The third-order valence-electron chi connectivity index (χ3n) is 21.6. The van der Waals surface area contributed by atoms with Gasteiger partial charge in [0.05, 0.1) is 12.2 Å². The summed E-state index contributed by atoms with van der Waals surface area (Å²) >= 11 is 2.45. The van der Waals surface area contributed by atoms with Crippen molar-refractivity contribution in [3.05, 3.63) is 0 Å². The van der Waals surface area contributed by atoms with E-state index in [2.05, 4.69) is 16.7 Å². The maximum Gasteiger partial charge on any atom is 0.0652 e. The molecule has 2 heterocycles. The number of ether oxygens (including phenoxy) is 1. The molecule has 0 aromatic carbocycles. The fraction of sp³-hybridized carbons (Fsp3) is 1.00. The zero-order valence-electron chi connectivity index (χ0n) is 37.0. The van der Waals surface area contributed by atoms with Gasteiger partial charge in [0.25, 0.3) is 0 Å². The Kier molecular flexibility index (Phi) is 12.8. The van der Waals surface area contributed by atoms with Crippen LogP contribution in [0.3, 0.4) is 0 Å². The second kappa shape index (κ2) is 18.2. The first-order valence-corrected chi connectivity index (χ1v) is 28.3. The van der Waals surface area contributed by atoms with Crippen LogP contribution in [0.25, 0.3) is 0 Å². The van der Waals surface area contributed by atoms with E-state index in [1.165, 1.54) is 96.3 Å². The summed E-state index contributed by atoms with van der Waals surface area (Å²) in [6.07, 6.45) is 55.2. The van der Waals surface area contributed by atoms with E-state index in [4.69, 9.17) is 4.74 Å². The van der Waals surface area contributed by atoms with Gasteiger partial charge < -0.3 is 4.74 Å². The molecule has 11 aliphatic rings. The van der Waals surface area contributed by atoms with Crippen LogP contribution in [0, 0.1) is 71.0 Å². The van der Waals surface area contributed by atoms with Crippen molar-refractivity contribution in [1.82, 2.24) is 4.90 Å². The van der Waals surface area contributed by atoms with Crippen molar-refractivity contribution in [3.63, 3.8) is 0 Å². The maximum atomic E-state index is 7.53. The van der Waals surface area contributed by atoms with E-state index in [-0.39, 0.29) is 0 Å². The molecule has 3 heteroatoms. The van der Waals surface area contributed by atoms with E-state index < -0.39 is 0 Å². The Labute approximate surface area is 356 Å². The Balaban J connectivity index is 0.696. The van der Waals surface area contributed by atoms with Gasteiger partial charge in [-0.05, 0) is 206 Å². The third kappa shape index (κ3) is 8.19. The Morgan fingerprint density at radius 3 is 1.26 bits per heavy atom. The van der Waals surface area contributed by atoms with Crippen LogP contribution in [0.4, 0.5) is 0 Å². The molecule has 0 spiro atoms. The highest BCUT2D eigenvalue weighted by molar-refractivity contribution is 8.00. The van der Waals surface area contributed by atoms with Gasteiger partial charge in [0, 0.05) is 34.5 Å². The van der Waals surface area contributed by atoms with E-state index in [0.717, 1.165) is 99.6 Å². The van der Waals surface area contributed by atoms with Crippen LogP contribution in [-0.4, -0.2) is 45.7 Å². The van der Waals surface area contributed by atoms with Gasteiger partial charge in [-0.1, -0.05) is 83.5 Å². The molecule has 322 valence electrons. The molecule has 11 rings (SSSR count). The molecule has 0 aromatic rings. The summed E-state index contributed by atoms with van der Waals surface area (Å²) in [5.74, 6) is 12.0. The normalized spacial score (nSPS) is 50.2. The van der Waals surface area contributed by atoms with Crippen LogP contribution in [-0.2, 0) is 4.74 Å². The molecular weight excluding hydrogens is 711 g/mol. The van der Waals surface area contributed by atoms with Crippen LogP contribution in [0.15, 0.2) is 0 Å². The number of hydrogen-bond donors (Lipinski definition) is 0. The lowest BCUT2D eigenvalue weighted by Crippen LogP contribution is -2.53. The third-order valence-corrected chi connectivity index (χ3v) is 23.4. The van der Waals surface area contributed by atoms with Gasteiger partial charge in [0.15, 0.2) is 0 Å². The fourth-order valence-corrected chi connectivity index (χ4v) is 20.9. The standard InChI is InChI=1S/C54H89NOS/c1-3-10-36(11-4-1)39-22-28-43(29-23-39)55(44-30-24-40(25-31-44)37-12-5-2-6-13-37)45-32-26-41(27-33-45)38-18-20-42(21-19-38)46-15-9-16-47-48-34-35-51-52(54(48)56-53(46)47)49-14-7-8-17-50(49)57-51/h36-54H,1-35H2. The predicted molar refractivity (Wildman–Crippen MR) is 241 cm³/mol. The van der Waals surface area contributed by atoms with E-state index in [0.29, 0.717) is 12.2 Å². The van der Waals surface area contributed by atoms with E-state index >= 15 is 0 Å². The average molecular weight is 800 g/mol. The van der Waals surface area contributed by atoms with Crippen molar-refractivity contribution in [2.45, 2.75) is 266 Å². The molecule has 0 bridgehead atoms. The van der Waals surface area contributed by atoms with Crippen molar-refractivity contribution in [1.29, 1.82) is 0 Å². The molecular formula is C54H89NOS. The molecule has 2 aliphatic heterocycles. The van der Waals surface area contributed by atoms with E-state index in [1.54, 1.807) is 128 Å². The highest BCUT2D eigenvalue weighted by atomic mass is 32.2. The molecule has 9 saturated carbocycles. The Morgan fingerprint density at radius 1 is 0.281 bits per heavy atom. The first kappa shape index (κ1) is 40.1. The van der Waals surface area contributed by atoms with Crippen LogP contribution in [0.2, 0.25) is 0 Å². The molecule has 57 heavy (non-hydrogen) atoms. The summed E-state index contributed by atoms with van der Waals surface area (Å²) in [4.78, 5) is 3.33. The Morgan fingerprint density at radius 2 is 0.702 bits per heavy atom. The largest absolute Gasteiger partial charge is 0.374 e. The van der Waals surface area contributed by atoms with Crippen molar-refractivity contribution >= 4 is 11.8 Å². The minimum atomic E-state index is 0.638. The Bertz CT molecular complexity index is 1220. The van der Waals surface area contributed by atoms with Gasteiger partial charge in [-0.2, -0.15) is 11.8 Å². The summed E-state index contributed by atoms with van der Waals surface area (Å²) in [5.41, 5.74) is 0. The summed E-state index contributed by atoms with van der Waals surface area (Å²) in [6, 6.07) is 2.75. The first-order valence-electron chi connectivity index (χ1n) is 27.3. The maximum absolute atomic E-state index is 7.53. The second-order valence-corrected chi connectivity index (χ2v) is 25.4. The van der Waals surface area contributed by atoms with Crippen molar-refractivity contribution in [3.8, 4) is 0 Å². The number of rotatable bonds is 7. The molecule has 0 N–H and O–H groups in total. The van der Waals surface area contributed by atoms with Gasteiger partial charge in [0.2, 0.25) is 0 Å². The van der Waals surface area contributed by atoms with E-state index in [1.807, 2.05) is 0 Å². The molecule has 9 aliphatic carbocycles. The van der Waals surface area contributed by atoms with E-state index in [9.17, 15) is 0 Å². The van der Waals surface area contributed by atoms with Crippen LogP contribution < -0.4 is 0 Å².